The van der Waals surface area contributed by atoms with Crippen molar-refractivity contribution in [2.45, 2.75) is 41.5 Å². The average molecular weight is 452 g/mol. The largest absolute Gasteiger partial charge is 0.278 e. The van der Waals surface area contributed by atoms with E-state index in [4.69, 9.17) is 0 Å². The Labute approximate surface area is 164 Å². The van der Waals surface area contributed by atoms with Crippen molar-refractivity contribution in [2.24, 2.45) is 5.92 Å². The van der Waals surface area contributed by atoms with E-state index in [0.29, 0.717) is 6.42 Å². The zero-order valence-corrected chi connectivity index (χ0v) is 17.2. The Morgan fingerprint density at radius 1 is 0.964 bits per heavy atom. The number of sulfonamides is 2. The molecule has 13 heteroatoms. The topological polar surface area (TPSA) is 156 Å². The van der Waals surface area contributed by atoms with E-state index in [1.807, 2.05) is 4.83 Å². The zero-order chi connectivity index (χ0) is 20.6. The third kappa shape index (κ3) is 5.50. The van der Waals surface area contributed by atoms with Gasteiger partial charge in [0.2, 0.25) is 15.9 Å². The highest BCUT2D eigenvalue weighted by Gasteiger charge is 2.30. The molecule has 1 saturated carbocycles. The maximum absolute atomic E-state index is 12.2. The van der Waals surface area contributed by atoms with Gasteiger partial charge in [-0.25, -0.2) is 30.0 Å². The van der Waals surface area contributed by atoms with Crippen molar-refractivity contribution in [2.75, 3.05) is 11.5 Å². The van der Waals surface area contributed by atoms with E-state index >= 15 is 0 Å². The summed E-state index contributed by atoms with van der Waals surface area (Å²) in [6.45, 7) is 0. The standard InChI is InChI=1S/C15H21N3O7S3/c19-15(9-11-7-8-26(20,21)10-11)16-18-28(24,25)14-5-3-13(4-6-14)27(22,23)17-12-1-2-12/h3-6,11-12,17-18H,1-2,7-10H2,(H,16,19). The third-order valence-corrected chi connectivity index (χ3v) is 9.11. The second-order valence-electron chi connectivity index (χ2n) is 6.99. The predicted octanol–water partition coefficient (Wildman–Crippen LogP) is -0.738. The minimum Gasteiger partial charge on any atom is -0.278 e. The molecule has 1 amide bonds. The molecule has 3 N–H and O–H groups in total. The summed E-state index contributed by atoms with van der Waals surface area (Å²) in [6.07, 6.45) is 1.82. The van der Waals surface area contributed by atoms with Crippen LogP contribution in [0.5, 0.6) is 0 Å². The van der Waals surface area contributed by atoms with Crippen LogP contribution in [0.1, 0.15) is 25.7 Å². The van der Waals surface area contributed by atoms with Crippen LogP contribution in [0.2, 0.25) is 0 Å². The number of benzene rings is 1. The SMILES string of the molecule is O=C(CC1CCS(=O)(=O)C1)NNS(=O)(=O)c1ccc(S(=O)(=O)NC2CC2)cc1. The fraction of sp³-hybridized carbons (Fsp3) is 0.533. The number of hydrogen-bond acceptors (Lipinski definition) is 7. The van der Waals surface area contributed by atoms with Crippen LogP contribution < -0.4 is 15.0 Å². The molecule has 2 fully saturated rings. The fourth-order valence-corrected chi connectivity index (χ4v) is 6.84. The number of rotatable bonds is 8. The molecule has 3 rings (SSSR count). The first-order valence-electron chi connectivity index (χ1n) is 8.60. The van der Waals surface area contributed by atoms with Crippen LogP contribution in [0.25, 0.3) is 0 Å². The van der Waals surface area contributed by atoms with Gasteiger partial charge in [0, 0.05) is 12.5 Å². The molecule has 0 bridgehead atoms. The normalized spacial score (nSPS) is 22.1. The minimum absolute atomic E-state index is 0.0293. The van der Waals surface area contributed by atoms with Gasteiger partial charge in [-0.3, -0.25) is 10.2 Å². The average Bonchev–Trinajstić information content (AvgIpc) is 3.34. The summed E-state index contributed by atoms with van der Waals surface area (Å²) in [4.78, 5) is 13.5. The molecule has 0 radical (unpaired) electrons. The molecule has 1 aliphatic heterocycles. The molecule has 1 unspecified atom stereocenters. The van der Waals surface area contributed by atoms with Gasteiger partial charge in [0.25, 0.3) is 10.0 Å². The molecule has 28 heavy (non-hydrogen) atoms. The molecule has 2 aliphatic rings. The Hall–Kier alpha value is -1.54. The summed E-state index contributed by atoms with van der Waals surface area (Å²) in [6, 6.07) is 4.52. The van der Waals surface area contributed by atoms with Crippen LogP contribution in [0.15, 0.2) is 34.1 Å². The van der Waals surface area contributed by atoms with Crippen molar-refractivity contribution in [3.05, 3.63) is 24.3 Å². The van der Waals surface area contributed by atoms with E-state index < -0.39 is 35.8 Å². The summed E-state index contributed by atoms with van der Waals surface area (Å²) in [5.74, 6) is -1.03. The van der Waals surface area contributed by atoms with Crippen LogP contribution in [0, 0.1) is 5.92 Å². The molecule has 1 aromatic carbocycles. The molecule has 0 aromatic heterocycles. The van der Waals surface area contributed by atoms with Crippen molar-refractivity contribution >= 4 is 35.8 Å². The molecule has 1 saturated heterocycles. The van der Waals surface area contributed by atoms with Gasteiger partial charge in [-0.1, -0.05) is 0 Å². The Bertz CT molecular complexity index is 1060. The lowest BCUT2D eigenvalue weighted by atomic mass is 10.1. The Balaban J connectivity index is 1.57. The molecule has 1 aliphatic carbocycles. The summed E-state index contributed by atoms with van der Waals surface area (Å²) >= 11 is 0. The Morgan fingerprint density at radius 3 is 2.04 bits per heavy atom. The van der Waals surface area contributed by atoms with E-state index in [1.54, 1.807) is 0 Å². The van der Waals surface area contributed by atoms with Crippen molar-refractivity contribution in [3.8, 4) is 0 Å². The van der Waals surface area contributed by atoms with Crippen LogP contribution in [-0.4, -0.2) is 48.7 Å². The molecule has 10 nitrogen and oxygen atoms in total. The Morgan fingerprint density at radius 2 is 1.54 bits per heavy atom. The van der Waals surface area contributed by atoms with Gasteiger partial charge < -0.3 is 0 Å². The van der Waals surface area contributed by atoms with Gasteiger partial charge in [-0.05, 0) is 49.4 Å². The molecule has 1 heterocycles. The lowest BCUT2D eigenvalue weighted by Crippen LogP contribution is -2.42. The second kappa shape index (κ2) is 7.71. The zero-order valence-electron chi connectivity index (χ0n) is 14.8. The number of hydrogen-bond donors (Lipinski definition) is 3. The fourth-order valence-electron chi connectivity index (χ4n) is 2.82. The van der Waals surface area contributed by atoms with E-state index in [9.17, 15) is 30.0 Å². The first-order valence-corrected chi connectivity index (χ1v) is 13.4. The van der Waals surface area contributed by atoms with Gasteiger partial charge in [0.05, 0.1) is 21.3 Å². The maximum Gasteiger partial charge on any atom is 0.257 e. The summed E-state index contributed by atoms with van der Waals surface area (Å²) in [5.41, 5.74) is 2.05. The summed E-state index contributed by atoms with van der Waals surface area (Å²) in [5, 5.41) is 0. The smallest absolute Gasteiger partial charge is 0.257 e. The molecule has 1 aromatic rings. The lowest BCUT2D eigenvalue weighted by Gasteiger charge is -2.11. The van der Waals surface area contributed by atoms with E-state index in [-0.39, 0.29) is 39.7 Å². The van der Waals surface area contributed by atoms with Gasteiger partial charge in [-0.2, -0.15) is 0 Å². The van der Waals surface area contributed by atoms with Gasteiger partial charge in [0.15, 0.2) is 9.84 Å². The van der Waals surface area contributed by atoms with Crippen molar-refractivity contribution in [3.63, 3.8) is 0 Å². The number of hydrazine groups is 1. The van der Waals surface area contributed by atoms with Gasteiger partial charge in [-0.15, -0.1) is 4.83 Å². The lowest BCUT2D eigenvalue weighted by molar-refractivity contribution is -0.122. The van der Waals surface area contributed by atoms with Gasteiger partial charge in [0.1, 0.15) is 0 Å². The second-order valence-corrected chi connectivity index (χ2v) is 12.6. The summed E-state index contributed by atoms with van der Waals surface area (Å²) < 4.78 is 73.9. The number of amides is 1. The first-order chi connectivity index (χ1) is 13.0. The highest BCUT2D eigenvalue weighted by molar-refractivity contribution is 7.91. The van der Waals surface area contributed by atoms with Crippen LogP contribution in [-0.2, 0) is 34.7 Å². The monoisotopic (exact) mass is 451 g/mol. The molecule has 0 spiro atoms. The third-order valence-electron chi connectivity index (χ3n) is 4.47. The van der Waals surface area contributed by atoms with E-state index in [1.165, 1.54) is 12.1 Å². The van der Waals surface area contributed by atoms with Crippen molar-refractivity contribution in [1.82, 2.24) is 15.0 Å². The highest BCUT2D eigenvalue weighted by Crippen LogP contribution is 2.23. The Kier molecular flexibility index (Phi) is 5.83. The minimum atomic E-state index is -4.10. The molecular formula is C15H21N3O7S3. The highest BCUT2D eigenvalue weighted by atomic mass is 32.2. The summed E-state index contributed by atoms with van der Waals surface area (Å²) in [7, 11) is -10.9. The van der Waals surface area contributed by atoms with Crippen molar-refractivity contribution in [1.29, 1.82) is 0 Å². The van der Waals surface area contributed by atoms with Gasteiger partial charge >= 0.3 is 0 Å². The van der Waals surface area contributed by atoms with Crippen LogP contribution in [0.3, 0.4) is 0 Å². The molecule has 1 atom stereocenters. The quantitative estimate of drug-likeness (QED) is 0.440. The van der Waals surface area contributed by atoms with E-state index in [2.05, 4.69) is 10.1 Å². The first kappa shape index (κ1) is 21.2. The van der Waals surface area contributed by atoms with Crippen LogP contribution in [0.4, 0.5) is 0 Å². The van der Waals surface area contributed by atoms with Crippen LogP contribution >= 0.6 is 0 Å². The predicted molar refractivity (Wildman–Crippen MR) is 99.6 cm³/mol. The van der Waals surface area contributed by atoms with E-state index in [0.717, 1.165) is 25.0 Å². The number of sulfone groups is 1. The molecule has 156 valence electrons. The van der Waals surface area contributed by atoms with Crippen molar-refractivity contribution < 1.29 is 30.0 Å². The maximum atomic E-state index is 12.2. The number of nitrogens with one attached hydrogen (secondary N) is 3. The molecular weight excluding hydrogens is 430 g/mol. The number of carbonyl (C=O) groups excluding carboxylic acids is 1. The number of carbonyl (C=O) groups is 1.